The van der Waals surface area contributed by atoms with Crippen LogP contribution < -0.4 is 5.32 Å². The predicted octanol–water partition coefficient (Wildman–Crippen LogP) is 4.63. The number of morpholine rings is 1. The van der Waals surface area contributed by atoms with Gasteiger partial charge in [0.25, 0.3) is 0 Å². The van der Waals surface area contributed by atoms with Gasteiger partial charge in [-0.1, -0.05) is 48.5 Å². The number of hydrogen-bond donors (Lipinski definition) is 1. The number of hydrogen-bond acceptors (Lipinski definition) is 2. The van der Waals surface area contributed by atoms with E-state index in [0.29, 0.717) is 0 Å². The van der Waals surface area contributed by atoms with Gasteiger partial charge in [0.2, 0.25) is 0 Å². The Labute approximate surface area is 111 Å². The molecule has 0 amide bonds. The third-order valence-electron chi connectivity index (χ3n) is 2.32. The minimum Gasteiger partial charge on any atom is -0.367 e. The van der Waals surface area contributed by atoms with Gasteiger partial charge in [0.1, 0.15) is 0 Å². The van der Waals surface area contributed by atoms with Crippen molar-refractivity contribution in [3.63, 3.8) is 0 Å². The van der Waals surface area contributed by atoms with Crippen molar-refractivity contribution in [2.45, 2.75) is 86.9 Å². The first-order valence-electron chi connectivity index (χ1n) is 7.38. The summed E-state index contributed by atoms with van der Waals surface area (Å²) in [5.74, 6) is 0. The van der Waals surface area contributed by atoms with Crippen LogP contribution in [-0.2, 0) is 4.74 Å². The van der Waals surface area contributed by atoms with Crippen LogP contribution in [-0.4, -0.2) is 24.3 Å². The Morgan fingerprint density at radius 1 is 0.882 bits per heavy atom. The zero-order chi connectivity index (χ0) is 14.5. The quantitative estimate of drug-likeness (QED) is 0.729. The van der Waals surface area contributed by atoms with Gasteiger partial charge in [-0.2, -0.15) is 0 Å². The van der Waals surface area contributed by atoms with Gasteiger partial charge in [-0.25, -0.2) is 0 Å². The number of nitrogens with one attached hydrogen (secondary N) is 1. The maximum Gasteiger partial charge on any atom is 0.0783 e. The van der Waals surface area contributed by atoms with Crippen LogP contribution in [0.3, 0.4) is 0 Å². The first kappa shape index (κ1) is 22.1. The predicted molar refractivity (Wildman–Crippen MR) is 80.8 cm³/mol. The molecule has 17 heavy (non-hydrogen) atoms. The second kappa shape index (κ2) is 12.4. The Morgan fingerprint density at radius 3 is 1.53 bits per heavy atom. The van der Waals surface area contributed by atoms with Gasteiger partial charge in [-0.15, -0.1) is 0 Å². The van der Waals surface area contributed by atoms with Crippen molar-refractivity contribution < 1.29 is 4.74 Å². The summed E-state index contributed by atoms with van der Waals surface area (Å²) in [5, 5.41) is 3.39. The van der Waals surface area contributed by atoms with E-state index in [1.807, 2.05) is 41.5 Å². The minimum atomic E-state index is 0.00299. The van der Waals surface area contributed by atoms with Crippen LogP contribution in [0.2, 0.25) is 0 Å². The van der Waals surface area contributed by atoms with Crippen LogP contribution >= 0.6 is 0 Å². The van der Waals surface area contributed by atoms with Crippen molar-refractivity contribution >= 4 is 0 Å². The molecule has 1 unspecified atom stereocenters. The lowest BCUT2D eigenvalue weighted by Crippen LogP contribution is -2.56. The molecule has 0 saturated carbocycles. The Hall–Kier alpha value is -0.0800. The minimum absolute atomic E-state index is 0.00299. The fourth-order valence-corrected chi connectivity index (χ4v) is 1.56. The van der Waals surface area contributed by atoms with Crippen LogP contribution in [0.4, 0.5) is 0 Å². The molecule has 1 aliphatic rings. The van der Waals surface area contributed by atoms with E-state index in [1.54, 1.807) is 0 Å². The highest BCUT2D eigenvalue weighted by atomic mass is 16.5. The topological polar surface area (TPSA) is 21.3 Å². The summed E-state index contributed by atoms with van der Waals surface area (Å²) in [6.07, 6.45) is 1.07. The molecule has 1 heterocycles. The average molecular weight is 247 g/mol. The molecule has 2 nitrogen and oxygen atoms in total. The zero-order valence-electron chi connectivity index (χ0n) is 14.0. The highest BCUT2D eigenvalue weighted by molar-refractivity contribution is 4.88. The van der Waals surface area contributed by atoms with E-state index in [-0.39, 0.29) is 11.2 Å². The van der Waals surface area contributed by atoms with E-state index in [1.165, 1.54) is 0 Å². The monoisotopic (exact) mass is 247 g/mol. The first-order valence-corrected chi connectivity index (χ1v) is 7.38. The molecule has 1 atom stereocenters. The summed E-state index contributed by atoms with van der Waals surface area (Å²) in [6, 6.07) is 0. The first-order chi connectivity index (χ1) is 7.97. The highest BCUT2D eigenvalue weighted by Crippen LogP contribution is 2.25. The van der Waals surface area contributed by atoms with Gasteiger partial charge in [-0.3, -0.25) is 0 Å². The Kier molecular flexibility index (Phi) is 16.1. The standard InChI is InChI=1S/C9H19NO.3C2H6/c1-5-9(4)7-10-6-8(2,3)11-9;3*1-2/h10H,5-7H2,1-4H3;3*1-2H3. The molecular formula is C15H37NO. The summed E-state index contributed by atoms with van der Waals surface area (Å²) in [5.41, 5.74) is 0.0464. The zero-order valence-corrected chi connectivity index (χ0v) is 14.0. The fraction of sp³-hybridized carbons (Fsp3) is 1.00. The molecule has 0 aromatic heterocycles. The third-order valence-corrected chi connectivity index (χ3v) is 2.32. The number of ether oxygens (including phenoxy) is 1. The molecule has 1 rings (SSSR count). The molecule has 0 aliphatic carbocycles. The maximum absolute atomic E-state index is 5.95. The molecule has 1 saturated heterocycles. The van der Waals surface area contributed by atoms with Crippen molar-refractivity contribution in [1.29, 1.82) is 0 Å². The van der Waals surface area contributed by atoms with E-state index in [0.717, 1.165) is 19.5 Å². The van der Waals surface area contributed by atoms with Crippen molar-refractivity contribution in [2.75, 3.05) is 13.1 Å². The second-order valence-corrected chi connectivity index (χ2v) is 4.27. The maximum atomic E-state index is 5.95. The SMILES string of the molecule is CC.CC.CC.CCC1(C)CNCC(C)(C)O1. The fourth-order valence-electron chi connectivity index (χ4n) is 1.56. The van der Waals surface area contributed by atoms with Gasteiger partial charge in [-0.05, 0) is 27.2 Å². The molecule has 108 valence electrons. The lowest BCUT2D eigenvalue weighted by molar-refractivity contribution is -0.153. The molecule has 0 aromatic rings. The van der Waals surface area contributed by atoms with E-state index in [9.17, 15) is 0 Å². The summed E-state index contributed by atoms with van der Waals surface area (Å²) < 4.78 is 5.95. The van der Waals surface area contributed by atoms with E-state index < -0.39 is 0 Å². The molecule has 1 aliphatic heterocycles. The van der Waals surface area contributed by atoms with Gasteiger partial charge >= 0.3 is 0 Å². The van der Waals surface area contributed by atoms with E-state index in [4.69, 9.17) is 4.74 Å². The molecule has 0 aromatic carbocycles. The molecular weight excluding hydrogens is 210 g/mol. The van der Waals surface area contributed by atoms with Crippen molar-refractivity contribution in [3.05, 3.63) is 0 Å². The summed E-state index contributed by atoms with van der Waals surface area (Å²) in [6.45, 7) is 22.5. The van der Waals surface area contributed by atoms with Crippen molar-refractivity contribution in [3.8, 4) is 0 Å². The summed E-state index contributed by atoms with van der Waals surface area (Å²) in [7, 11) is 0. The molecule has 0 bridgehead atoms. The Balaban J connectivity index is -0.000000285. The van der Waals surface area contributed by atoms with Crippen molar-refractivity contribution in [1.82, 2.24) is 5.32 Å². The van der Waals surface area contributed by atoms with Crippen LogP contribution in [0.1, 0.15) is 75.7 Å². The molecule has 1 fully saturated rings. The molecule has 2 heteroatoms. The smallest absolute Gasteiger partial charge is 0.0783 e. The lowest BCUT2D eigenvalue weighted by Gasteiger charge is -2.43. The summed E-state index contributed by atoms with van der Waals surface area (Å²) in [4.78, 5) is 0. The third kappa shape index (κ3) is 10.8. The highest BCUT2D eigenvalue weighted by Gasteiger charge is 2.35. The normalized spacial score (nSPS) is 25.1. The van der Waals surface area contributed by atoms with E-state index >= 15 is 0 Å². The van der Waals surface area contributed by atoms with Crippen molar-refractivity contribution in [2.24, 2.45) is 0 Å². The molecule has 1 N–H and O–H groups in total. The molecule has 0 radical (unpaired) electrons. The largest absolute Gasteiger partial charge is 0.367 e. The van der Waals surface area contributed by atoms with Crippen LogP contribution in [0, 0.1) is 0 Å². The Bertz CT molecular complexity index is 146. The van der Waals surface area contributed by atoms with Crippen LogP contribution in [0.5, 0.6) is 0 Å². The van der Waals surface area contributed by atoms with Gasteiger partial charge in [0.15, 0.2) is 0 Å². The number of rotatable bonds is 1. The van der Waals surface area contributed by atoms with Gasteiger partial charge in [0.05, 0.1) is 11.2 Å². The van der Waals surface area contributed by atoms with E-state index in [2.05, 4.69) is 33.0 Å². The van der Waals surface area contributed by atoms with Gasteiger partial charge in [0, 0.05) is 13.1 Å². The van der Waals surface area contributed by atoms with Crippen LogP contribution in [0.15, 0.2) is 0 Å². The van der Waals surface area contributed by atoms with Gasteiger partial charge < -0.3 is 10.1 Å². The average Bonchev–Trinajstić information content (AvgIpc) is 2.35. The van der Waals surface area contributed by atoms with Crippen LogP contribution in [0.25, 0.3) is 0 Å². The second-order valence-electron chi connectivity index (χ2n) is 4.27. The summed E-state index contributed by atoms with van der Waals surface area (Å²) >= 11 is 0. The molecule has 0 spiro atoms. The Morgan fingerprint density at radius 2 is 1.29 bits per heavy atom. The lowest BCUT2D eigenvalue weighted by atomic mass is 9.97.